The number of primary amides is 1. The quantitative estimate of drug-likeness (QED) is 0.0306. The van der Waals surface area contributed by atoms with Gasteiger partial charge < -0.3 is 47.0 Å². The van der Waals surface area contributed by atoms with Gasteiger partial charge in [0.2, 0.25) is 23.6 Å². The summed E-state index contributed by atoms with van der Waals surface area (Å²) < 4.78 is 10.2. The Bertz CT molecular complexity index is 1650. The van der Waals surface area contributed by atoms with Gasteiger partial charge in [-0.1, -0.05) is 144 Å². The Kier molecular flexibility index (Phi) is 37.2. The van der Waals surface area contributed by atoms with Gasteiger partial charge in [0.15, 0.2) is 5.78 Å². The summed E-state index contributed by atoms with van der Waals surface area (Å²) in [6.07, 6.45) is 28.1. The van der Waals surface area contributed by atoms with Crippen LogP contribution in [0.4, 0.5) is 0 Å². The van der Waals surface area contributed by atoms with Crippen LogP contribution in [-0.2, 0) is 49.5 Å². The van der Waals surface area contributed by atoms with E-state index in [0.717, 1.165) is 6.42 Å². The van der Waals surface area contributed by atoms with Crippen molar-refractivity contribution in [3.8, 4) is 0 Å². The lowest BCUT2D eigenvalue weighted by Gasteiger charge is -2.33. The molecular formula is C54H105N7O10. The number of aliphatic hydroxyl groups is 1. The Morgan fingerprint density at radius 3 is 1.72 bits per heavy atom. The van der Waals surface area contributed by atoms with Crippen molar-refractivity contribution in [2.45, 2.75) is 221 Å². The molecule has 0 unspecified atom stereocenters. The fraction of sp³-hybridized carbons (Fsp3) is 0.815. The Morgan fingerprint density at radius 2 is 1.21 bits per heavy atom. The second-order valence-electron chi connectivity index (χ2n) is 21.1. The molecule has 0 saturated heterocycles. The first-order chi connectivity index (χ1) is 33.6. The summed E-state index contributed by atoms with van der Waals surface area (Å²) in [7, 11) is 1.66. The highest BCUT2D eigenvalue weighted by atomic mass is 16.5. The molecule has 17 heteroatoms. The molecule has 17 nitrogen and oxygen atoms in total. The number of nitrogens with two attached hydrogens (primary N) is 2. The molecule has 0 aliphatic carbocycles. The normalized spacial score (nSPS) is 12.6. The highest BCUT2D eigenvalue weighted by molar-refractivity contribution is 5.99. The molecule has 2 atom stereocenters. The maximum Gasteiger partial charge on any atom is 0.245 e. The zero-order chi connectivity index (χ0) is 53.6. The number of amides is 4. The summed E-state index contributed by atoms with van der Waals surface area (Å²) in [5.41, 5.74) is 8.67. The monoisotopic (exact) mass is 1010 g/mol. The van der Waals surface area contributed by atoms with Crippen molar-refractivity contribution in [3.63, 3.8) is 0 Å². The standard InChI is InChI=1S/C29H48N6O7.C25H51NO3.3H2/c1-27(2,21(37)11-18(25(31)41)9-7-8-10-33-24(40)16-36)13-22(38)28(3,4)14-23(39)29(5,6)35-26(42)20(30)12-19-15-32-17-34-19;1-3-4-5-6-7-8-9-10-11-12-13-14-15-16-17-18-19-20-25(27)26-21-22-29-24-23-28-2;;;/h15,17-18,20,36H,7-14,16,30H2,1-6H3,(H2,31,41)(H,32,34)(H,33,40)(H,35,42);3-24H2,1-2H3,(H,26,27);3*1H/t18-,20+;;;;/m1..../s1. The first-order valence-electron chi connectivity index (χ1n) is 26.8. The molecule has 71 heavy (non-hydrogen) atoms. The van der Waals surface area contributed by atoms with E-state index in [1.165, 1.54) is 109 Å². The third-order valence-corrected chi connectivity index (χ3v) is 13.0. The van der Waals surface area contributed by atoms with Gasteiger partial charge >= 0.3 is 0 Å². The van der Waals surface area contributed by atoms with Crippen LogP contribution in [-0.4, -0.2) is 114 Å². The lowest BCUT2D eigenvalue weighted by molar-refractivity contribution is -0.140. The molecule has 1 rings (SSSR count). The Hall–Kier alpha value is -4.06. The van der Waals surface area contributed by atoms with Crippen molar-refractivity contribution in [2.75, 3.05) is 46.6 Å². The van der Waals surface area contributed by atoms with Crippen LogP contribution >= 0.6 is 0 Å². The van der Waals surface area contributed by atoms with Crippen molar-refractivity contribution in [3.05, 3.63) is 18.2 Å². The molecular weight excluding hydrogens is 907 g/mol. The van der Waals surface area contributed by atoms with Crippen LogP contribution in [0.15, 0.2) is 12.5 Å². The number of nitrogens with zero attached hydrogens (tertiary/aromatic N) is 1. The fourth-order valence-corrected chi connectivity index (χ4v) is 7.91. The number of ketones is 3. The number of methoxy groups -OCH3 is 1. The number of carbonyl (C=O) groups excluding carboxylic acids is 7. The molecule has 416 valence electrons. The lowest BCUT2D eigenvalue weighted by atomic mass is 9.71. The minimum absolute atomic E-state index is 0. The summed E-state index contributed by atoms with van der Waals surface area (Å²) in [4.78, 5) is 93.9. The molecule has 0 spiro atoms. The first-order valence-corrected chi connectivity index (χ1v) is 26.8. The zero-order valence-corrected chi connectivity index (χ0v) is 45.5. The van der Waals surface area contributed by atoms with Gasteiger partial charge in [-0.05, 0) is 33.1 Å². The molecule has 0 fully saturated rings. The second-order valence-corrected chi connectivity index (χ2v) is 21.1. The number of carbonyl (C=O) groups is 7. The maximum atomic E-state index is 13.3. The zero-order valence-electron chi connectivity index (χ0n) is 45.5. The molecule has 0 saturated carbocycles. The van der Waals surface area contributed by atoms with E-state index in [1.54, 1.807) is 54.8 Å². The number of Topliss-reactive ketones (excluding diaryl/α,β-unsaturated/α-hetero) is 3. The summed E-state index contributed by atoms with van der Waals surface area (Å²) in [5, 5.41) is 16.8. The SMILES string of the molecule is CC(C)(CC(=O)C(C)(C)CC(=O)C(C)(C)NC(=O)[C@@H](N)Cc1cnc[nH]1)C(=O)C[C@@H](CCCCNC(=O)CO)C(N)=O.CCCCCCCCCCCCCCCCCCCC(=O)NCCOCCOC.[HH].[HH].[HH]. The minimum Gasteiger partial charge on any atom is -0.387 e. The predicted molar refractivity (Wildman–Crippen MR) is 286 cm³/mol. The topological polar surface area (TPSA) is 275 Å². The number of imidazole rings is 1. The van der Waals surface area contributed by atoms with Gasteiger partial charge in [-0.3, -0.25) is 33.6 Å². The Balaban J connectivity index is -0.000000677. The molecule has 0 radical (unpaired) electrons. The highest BCUT2D eigenvalue weighted by Gasteiger charge is 2.41. The molecule has 0 aliphatic rings. The van der Waals surface area contributed by atoms with Gasteiger partial charge in [-0.2, -0.15) is 0 Å². The van der Waals surface area contributed by atoms with Crippen molar-refractivity contribution in [2.24, 2.45) is 28.2 Å². The number of nitrogens with one attached hydrogen (secondary N) is 4. The highest BCUT2D eigenvalue weighted by Crippen LogP contribution is 2.34. The number of aliphatic hydroxyl groups excluding tert-OH is 1. The van der Waals surface area contributed by atoms with Crippen LogP contribution in [0, 0.1) is 16.7 Å². The summed E-state index contributed by atoms with van der Waals surface area (Å²) >= 11 is 0. The van der Waals surface area contributed by atoms with E-state index >= 15 is 0 Å². The summed E-state index contributed by atoms with van der Waals surface area (Å²) in [6, 6.07) is -0.907. The van der Waals surface area contributed by atoms with Crippen molar-refractivity contribution in [1.82, 2.24) is 25.9 Å². The molecule has 4 amide bonds. The molecule has 9 N–H and O–H groups in total. The van der Waals surface area contributed by atoms with E-state index in [-0.39, 0.29) is 53.2 Å². The number of aromatic amines is 1. The van der Waals surface area contributed by atoms with Gasteiger partial charge in [-0.15, -0.1) is 0 Å². The third kappa shape index (κ3) is 34.1. The Labute approximate surface area is 431 Å². The van der Waals surface area contributed by atoms with Crippen LogP contribution in [0.1, 0.15) is 213 Å². The number of H-pyrrole nitrogens is 1. The minimum atomic E-state index is -1.29. The molecule has 0 bridgehead atoms. The van der Waals surface area contributed by atoms with Gasteiger partial charge in [0, 0.05) is 85.2 Å². The number of ether oxygens (including phenoxy) is 2. The maximum absolute atomic E-state index is 13.3. The molecule has 0 aliphatic heterocycles. The first kappa shape index (κ1) is 66.9. The van der Waals surface area contributed by atoms with Crippen LogP contribution in [0.2, 0.25) is 0 Å². The van der Waals surface area contributed by atoms with E-state index in [1.807, 2.05) is 0 Å². The average Bonchev–Trinajstić information content (AvgIpc) is 3.83. The largest absolute Gasteiger partial charge is 0.387 e. The van der Waals surface area contributed by atoms with E-state index in [0.29, 0.717) is 64.3 Å². The van der Waals surface area contributed by atoms with Crippen molar-refractivity contribution >= 4 is 41.0 Å². The van der Waals surface area contributed by atoms with Gasteiger partial charge in [0.25, 0.3) is 0 Å². The van der Waals surface area contributed by atoms with E-state index in [9.17, 15) is 33.6 Å². The van der Waals surface area contributed by atoms with Crippen LogP contribution < -0.4 is 27.4 Å². The fourth-order valence-electron chi connectivity index (χ4n) is 7.91. The lowest BCUT2D eigenvalue weighted by Crippen LogP contribution is -2.56. The second kappa shape index (κ2) is 39.5. The van der Waals surface area contributed by atoms with E-state index in [4.69, 9.17) is 26.0 Å². The van der Waals surface area contributed by atoms with E-state index in [2.05, 4.69) is 32.8 Å². The van der Waals surface area contributed by atoms with Gasteiger partial charge in [0.1, 0.15) is 18.2 Å². The number of unbranched alkanes of at least 4 members (excludes halogenated alkanes) is 17. The molecule has 1 aromatic heterocycles. The van der Waals surface area contributed by atoms with Crippen LogP contribution in [0.25, 0.3) is 0 Å². The summed E-state index contributed by atoms with van der Waals surface area (Å²) in [6.45, 7) is 14.0. The molecule has 0 aromatic carbocycles. The van der Waals surface area contributed by atoms with E-state index < -0.39 is 52.7 Å². The third-order valence-electron chi connectivity index (χ3n) is 13.0. The number of rotatable bonds is 44. The van der Waals surface area contributed by atoms with Crippen molar-refractivity contribution in [1.29, 1.82) is 0 Å². The van der Waals surface area contributed by atoms with Crippen LogP contribution in [0.3, 0.4) is 0 Å². The molecule has 1 aromatic rings. The van der Waals surface area contributed by atoms with Gasteiger partial charge in [-0.25, -0.2) is 4.98 Å². The van der Waals surface area contributed by atoms with Crippen molar-refractivity contribution < 1.29 is 52.4 Å². The average molecular weight is 1010 g/mol. The summed E-state index contributed by atoms with van der Waals surface area (Å²) in [5.74, 6) is -3.17. The molecule has 1 heterocycles. The number of aromatic nitrogens is 2. The number of hydrogen-bond donors (Lipinski definition) is 7. The predicted octanol–water partition coefficient (Wildman–Crippen LogP) is 8.03. The Morgan fingerprint density at radius 1 is 0.690 bits per heavy atom. The van der Waals surface area contributed by atoms with Crippen LogP contribution in [0.5, 0.6) is 0 Å². The number of hydrogen-bond acceptors (Lipinski definition) is 12. The smallest absolute Gasteiger partial charge is 0.245 e. The van der Waals surface area contributed by atoms with Gasteiger partial charge in [0.05, 0.1) is 37.7 Å².